The SMILES string of the molecule is CC(F)(F)c1ccc(N)c(Cl)n1.Nc1c(Br)cc(C(F)(F)F)nc1Cl.O=C1CCC(=O)N1Br. The first-order valence-corrected chi connectivity index (χ1v) is 10.7. The molecule has 1 aliphatic heterocycles. The predicted octanol–water partition coefficient (Wildman–Crippen LogP) is 5.97. The van der Waals surface area contributed by atoms with Crippen LogP contribution in [-0.2, 0) is 21.7 Å². The van der Waals surface area contributed by atoms with E-state index in [1.54, 1.807) is 0 Å². The molecule has 33 heavy (non-hydrogen) atoms. The van der Waals surface area contributed by atoms with E-state index in [-0.39, 0.29) is 43.7 Å². The summed E-state index contributed by atoms with van der Waals surface area (Å²) in [6.45, 7) is 0.752. The summed E-state index contributed by atoms with van der Waals surface area (Å²) < 4.78 is 62.6. The highest BCUT2D eigenvalue weighted by atomic mass is 79.9. The second-order valence-corrected chi connectivity index (χ2v) is 8.50. The molecule has 1 fully saturated rings. The van der Waals surface area contributed by atoms with Crippen molar-refractivity contribution in [2.75, 3.05) is 11.5 Å². The summed E-state index contributed by atoms with van der Waals surface area (Å²) in [6, 6.07) is 3.24. The average Bonchev–Trinajstić information content (AvgIpc) is 2.98. The number of pyridine rings is 2. The van der Waals surface area contributed by atoms with Crippen LogP contribution in [0.1, 0.15) is 31.2 Å². The van der Waals surface area contributed by atoms with Crippen molar-refractivity contribution in [1.82, 2.24) is 13.9 Å². The third-order valence-electron chi connectivity index (χ3n) is 3.57. The minimum atomic E-state index is -4.51. The Labute approximate surface area is 211 Å². The zero-order valence-electron chi connectivity index (χ0n) is 16.4. The van der Waals surface area contributed by atoms with Gasteiger partial charge in [-0.2, -0.15) is 22.0 Å². The number of imide groups is 1. The first kappa shape index (κ1) is 29.3. The van der Waals surface area contributed by atoms with Crippen LogP contribution < -0.4 is 11.5 Å². The van der Waals surface area contributed by atoms with E-state index in [1.807, 2.05) is 0 Å². The number of nitrogens with zero attached hydrogens (tertiary/aromatic N) is 3. The van der Waals surface area contributed by atoms with Gasteiger partial charge in [0, 0.05) is 24.2 Å². The maximum atomic E-state index is 12.6. The van der Waals surface area contributed by atoms with Gasteiger partial charge in [-0.05, 0) is 34.1 Å². The van der Waals surface area contributed by atoms with Gasteiger partial charge in [0.1, 0.15) is 11.4 Å². The van der Waals surface area contributed by atoms with Crippen LogP contribution in [0.25, 0.3) is 0 Å². The Bertz CT molecular complexity index is 999. The molecule has 0 radical (unpaired) electrons. The number of hydrogen-bond acceptors (Lipinski definition) is 6. The highest BCUT2D eigenvalue weighted by Crippen LogP contribution is 2.34. The maximum Gasteiger partial charge on any atom is 0.433 e. The fraction of sp³-hybridized carbons (Fsp3) is 0.294. The quantitative estimate of drug-likeness (QED) is 0.171. The highest BCUT2D eigenvalue weighted by Gasteiger charge is 2.33. The number of hydrogen-bond donors (Lipinski definition) is 2. The number of carbonyl (C=O) groups is 2. The summed E-state index contributed by atoms with van der Waals surface area (Å²) >= 11 is 16.5. The molecule has 2 aromatic rings. The molecule has 0 aliphatic carbocycles. The van der Waals surface area contributed by atoms with Gasteiger partial charge in [0.15, 0.2) is 10.3 Å². The number of alkyl halides is 5. The molecule has 0 aromatic carbocycles. The van der Waals surface area contributed by atoms with Gasteiger partial charge in [-0.3, -0.25) is 9.59 Å². The average molecular weight is 646 g/mol. The molecular formula is C17H14Br2Cl2F5N5O2. The Morgan fingerprint density at radius 1 is 0.970 bits per heavy atom. The van der Waals surface area contributed by atoms with Crippen molar-refractivity contribution in [3.63, 3.8) is 0 Å². The summed E-state index contributed by atoms with van der Waals surface area (Å²) in [4.78, 5) is 27.4. The van der Waals surface area contributed by atoms with E-state index >= 15 is 0 Å². The maximum absolute atomic E-state index is 12.6. The molecule has 0 bridgehead atoms. The minimum absolute atomic E-state index is 0.00494. The van der Waals surface area contributed by atoms with Crippen molar-refractivity contribution in [1.29, 1.82) is 0 Å². The molecule has 0 unspecified atom stereocenters. The number of anilines is 2. The second kappa shape index (κ2) is 11.6. The summed E-state index contributed by atoms with van der Waals surface area (Å²) in [5, 5.41) is -0.448. The van der Waals surface area contributed by atoms with E-state index in [4.69, 9.17) is 34.7 Å². The fourth-order valence-electron chi connectivity index (χ4n) is 1.88. The lowest BCUT2D eigenvalue weighted by atomic mass is 10.2. The molecule has 182 valence electrons. The first-order chi connectivity index (χ1) is 14.9. The van der Waals surface area contributed by atoms with Crippen LogP contribution in [0.5, 0.6) is 0 Å². The second-order valence-electron chi connectivity index (χ2n) is 6.22. The summed E-state index contributed by atoms with van der Waals surface area (Å²) in [5.74, 6) is -3.26. The summed E-state index contributed by atoms with van der Waals surface area (Å²) in [6.07, 6.45) is -3.81. The van der Waals surface area contributed by atoms with Crippen LogP contribution >= 0.6 is 55.3 Å². The molecule has 7 nitrogen and oxygen atoms in total. The van der Waals surface area contributed by atoms with E-state index in [9.17, 15) is 31.5 Å². The van der Waals surface area contributed by atoms with Crippen molar-refractivity contribution < 1.29 is 31.5 Å². The standard InChI is InChI=1S/C7H7ClF2N2.C6H3BrClF3N2.C4H4BrNO2/c1-7(9,10)5-3-2-4(11)6(8)12-5;7-2-1-3(6(9,10)11)13-5(8)4(2)12;5-6-3(7)1-2-4(6)8/h2-3H,11H2,1H3;1H,12H2;1-2H2. The third-order valence-corrected chi connectivity index (χ3v) is 5.61. The van der Waals surface area contributed by atoms with Crippen molar-refractivity contribution in [2.45, 2.75) is 31.9 Å². The van der Waals surface area contributed by atoms with Gasteiger partial charge in [0.05, 0.1) is 27.5 Å². The molecule has 2 aromatic heterocycles. The number of amides is 2. The Balaban J connectivity index is 0.000000254. The van der Waals surface area contributed by atoms with Crippen molar-refractivity contribution >= 4 is 78.5 Å². The molecule has 2 amide bonds. The van der Waals surface area contributed by atoms with Gasteiger partial charge in [-0.15, -0.1) is 0 Å². The largest absolute Gasteiger partial charge is 0.433 e. The molecule has 0 atom stereocenters. The number of nitrogens with two attached hydrogens (primary N) is 2. The zero-order chi connectivity index (χ0) is 25.7. The lowest BCUT2D eigenvalue weighted by molar-refractivity contribution is -0.141. The Hall–Kier alpha value is -1.77. The zero-order valence-corrected chi connectivity index (χ0v) is 21.0. The van der Waals surface area contributed by atoms with Gasteiger partial charge in [-0.1, -0.05) is 23.2 Å². The van der Waals surface area contributed by atoms with Gasteiger partial charge < -0.3 is 11.5 Å². The van der Waals surface area contributed by atoms with E-state index in [0.29, 0.717) is 12.8 Å². The summed E-state index contributed by atoms with van der Waals surface area (Å²) in [7, 11) is 0. The lowest BCUT2D eigenvalue weighted by Crippen LogP contribution is -2.16. The van der Waals surface area contributed by atoms with Crippen molar-refractivity contribution in [3.8, 4) is 0 Å². The predicted molar refractivity (Wildman–Crippen MR) is 120 cm³/mol. The highest BCUT2D eigenvalue weighted by molar-refractivity contribution is 9.10. The number of nitrogen functional groups attached to an aromatic ring is 2. The van der Waals surface area contributed by atoms with Gasteiger partial charge >= 0.3 is 6.18 Å². The number of rotatable bonds is 1. The molecule has 3 rings (SSSR count). The van der Waals surface area contributed by atoms with Crippen LogP contribution in [-0.4, -0.2) is 25.7 Å². The van der Waals surface area contributed by atoms with Gasteiger partial charge in [0.25, 0.3) is 5.92 Å². The molecule has 16 heteroatoms. The van der Waals surface area contributed by atoms with Crippen LogP contribution in [0.3, 0.4) is 0 Å². The fourth-order valence-corrected chi connectivity index (χ4v) is 3.10. The number of aromatic nitrogens is 2. The Morgan fingerprint density at radius 2 is 1.45 bits per heavy atom. The number of halogens is 9. The molecule has 3 heterocycles. The monoisotopic (exact) mass is 643 g/mol. The molecule has 0 saturated carbocycles. The Morgan fingerprint density at radius 3 is 1.79 bits per heavy atom. The van der Waals surface area contributed by atoms with E-state index in [0.717, 1.165) is 23.0 Å². The molecule has 1 saturated heterocycles. The van der Waals surface area contributed by atoms with Gasteiger partial charge in [-0.25, -0.2) is 13.9 Å². The topological polar surface area (TPSA) is 115 Å². The van der Waals surface area contributed by atoms with Crippen LogP contribution in [0.4, 0.5) is 33.3 Å². The van der Waals surface area contributed by atoms with E-state index in [1.165, 1.54) is 6.07 Å². The third kappa shape index (κ3) is 8.83. The van der Waals surface area contributed by atoms with Crippen molar-refractivity contribution in [3.05, 3.63) is 44.4 Å². The van der Waals surface area contributed by atoms with Crippen LogP contribution in [0.2, 0.25) is 10.3 Å². The van der Waals surface area contributed by atoms with E-state index < -0.39 is 17.8 Å². The molecule has 0 spiro atoms. The normalized spacial score (nSPS) is 13.8. The lowest BCUT2D eigenvalue weighted by Gasteiger charge is -2.09. The smallest absolute Gasteiger partial charge is 0.396 e. The molecular weight excluding hydrogens is 632 g/mol. The van der Waals surface area contributed by atoms with Crippen LogP contribution in [0, 0.1) is 0 Å². The number of carbonyl (C=O) groups excluding carboxylic acids is 2. The van der Waals surface area contributed by atoms with Gasteiger partial charge in [0.2, 0.25) is 11.8 Å². The minimum Gasteiger partial charge on any atom is -0.396 e. The van der Waals surface area contributed by atoms with E-state index in [2.05, 4.69) is 42.0 Å². The van der Waals surface area contributed by atoms with Crippen molar-refractivity contribution in [2.24, 2.45) is 0 Å². The Kier molecular flexibility index (Phi) is 10.3. The molecule has 4 N–H and O–H groups in total. The summed E-state index contributed by atoms with van der Waals surface area (Å²) in [5.41, 5.74) is 9.33. The molecule has 1 aliphatic rings. The van der Waals surface area contributed by atoms with Crippen LogP contribution in [0.15, 0.2) is 22.7 Å². The first-order valence-electron chi connectivity index (χ1n) is 8.45.